The summed E-state index contributed by atoms with van der Waals surface area (Å²) in [6, 6.07) is -0.335. The predicted octanol–water partition coefficient (Wildman–Crippen LogP) is -0.256. The summed E-state index contributed by atoms with van der Waals surface area (Å²) in [5.74, 6) is 0.329. The van der Waals surface area contributed by atoms with Crippen molar-refractivity contribution in [2.24, 2.45) is 11.7 Å². The molecule has 1 saturated heterocycles. The number of piperazine rings is 1. The van der Waals surface area contributed by atoms with Crippen molar-refractivity contribution in [3.63, 3.8) is 0 Å². The number of nitrogens with two attached hydrogens (primary N) is 1. The van der Waals surface area contributed by atoms with Crippen LogP contribution in [0.4, 0.5) is 0 Å². The van der Waals surface area contributed by atoms with Crippen molar-refractivity contribution in [2.45, 2.75) is 19.9 Å². The molecule has 0 radical (unpaired) electrons. The van der Waals surface area contributed by atoms with Gasteiger partial charge in [-0.2, -0.15) is 0 Å². The fraction of sp³-hybridized carbons (Fsp3) is 0.900. The third-order valence-corrected chi connectivity index (χ3v) is 2.82. The molecule has 4 nitrogen and oxygen atoms in total. The molecule has 4 heteroatoms. The maximum atomic E-state index is 11.8. The molecular formula is C10H21N3O. The van der Waals surface area contributed by atoms with Crippen LogP contribution in [0.2, 0.25) is 0 Å². The molecule has 1 aliphatic heterocycles. The van der Waals surface area contributed by atoms with E-state index in [0.29, 0.717) is 0 Å². The zero-order valence-electron chi connectivity index (χ0n) is 9.36. The van der Waals surface area contributed by atoms with Gasteiger partial charge in [0.15, 0.2) is 0 Å². The molecule has 0 aliphatic carbocycles. The molecule has 1 fully saturated rings. The molecule has 0 bridgehead atoms. The molecule has 0 aromatic heterocycles. The Balaban J connectivity index is 2.45. The molecule has 1 atom stereocenters. The fourth-order valence-electron chi connectivity index (χ4n) is 1.52. The number of hydrogen-bond acceptors (Lipinski definition) is 3. The summed E-state index contributed by atoms with van der Waals surface area (Å²) in [5.41, 5.74) is 5.82. The number of amides is 1. The van der Waals surface area contributed by atoms with E-state index in [9.17, 15) is 4.79 Å². The Morgan fingerprint density at radius 1 is 1.21 bits per heavy atom. The summed E-state index contributed by atoms with van der Waals surface area (Å²) in [5, 5.41) is 0. The molecule has 1 rings (SSSR count). The van der Waals surface area contributed by atoms with Crippen molar-refractivity contribution in [3.8, 4) is 0 Å². The van der Waals surface area contributed by atoms with Crippen LogP contribution in [0.15, 0.2) is 0 Å². The minimum Gasteiger partial charge on any atom is -0.339 e. The Kier molecular flexibility index (Phi) is 3.89. The molecule has 1 heterocycles. The zero-order valence-corrected chi connectivity index (χ0v) is 9.36. The quantitative estimate of drug-likeness (QED) is 0.667. The molecule has 0 saturated carbocycles. The number of rotatable bonds is 2. The summed E-state index contributed by atoms with van der Waals surface area (Å²) >= 11 is 0. The van der Waals surface area contributed by atoms with Gasteiger partial charge in [0.25, 0.3) is 0 Å². The monoisotopic (exact) mass is 199 g/mol. The first-order valence-electron chi connectivity index (χ1n) is 5.25. The van der Waals surface area contributed by atoms with Crippen LogP contribution in [-0.2, 0) is 4.79 Å². The summed E-state index contributed by atoms with van der Waals surface area (Å²) < 4.78 is 0. The maximum Gasteiger partial charge on any atom is 0.239 e. The second-order valence-electron chi connectivity index (χ2n) is 4.40. The van der Waals surface area contributed by atoms with Crippen molar-refractivity contribution >= 4 is 5.91 Å². The van der Waals surface area contributed by atoms with Gasteiger partial charge in [0.2, 0.25) is 5.91 Å². The largest absolute Gasteiger partial charge is 0.339 e. The van der Waals surface area contributed by atoms with Crippen molar-refractivity contribution in [1.82, 2.24) is 9.80 Å². The van der Waals surface area contributed by atoms with E-state index < -0.39 is 0 Å². The molecule has 0 aromatic rings. The first-order chi connectivity index (χ1) is 6.52. The van der Waals surface area contributed by atoms with E-state index in [4.69, 9.17) is 5.73 Å². The lowest BCUT2D eigenvalue weighted by Crippen LogP contribution is -2.53. The first kappa shape index (κ1) is 11.5. The van der Waals surface area contributed by atoms with Crippen LogP contribution in [0.5, 0.6) is 0 Å². The highest BCUT2D eigenvalue weighted by Gasteiger charge is 2.25. The topological polar surface area (TPSA) is 49.6 Å². The van der Waals surface area contributed by atoms with E-state index in [1.54, 1.807) is 0 Å². The lowest BCUT2D eigenvalue weighted by Gasteiger charge is -2.34. The normalized spacial score (nSPS) is 21.4. The van der Waals surface area contributed by atoms with Crippen LogP contribution in [0.1, 0.15) is 13.8 Å². The highest BCUT2D eigenvalue weighted by Crippen LogP contribution is 2.06. The minimum atomic E-state index is -0.335. The Morgan fingerprint density at radius 2 is 1.71 bits per heavy atom. The van der Waals surface area contributed by atoms with E-state index in [1.165, 1.54) is 0 Å². The van der Waals surface area contributed by atoms with Crippen LogP contribution < -0.4 is 5.73 Å². The molecule has 0 unspecified atom stereocenters. The summed E-state index contributed by atoms with van der Waals surface area (Å²) in [4.78, 5) is 15.9. The van der Waals surface area contributed by atoms with Crippen LogP contribution >= 0.6 is 0 Å². The molecule has 0 aromatic carbocycles. The lowest BCUT2D eigenvalue weighted by molar-refractivity contribution is -0.135. The smallest absolute Gasteiger partial charge is 0.239 e. The standard InChI is InChI=1S/C10H21N3O/c1-8(2)9(11)10(14)13-6-4-12(3)5-7-13/h8-9H,4-7,11H2,1-3H3/t9-/m1/s1. The summed E-state index contributed by atoms with van der Waals surface area (Å²) in [6.07, 6.45) is 0. The molecule has 14 heavy (non-hydrogen) atoms. The van der Waals surface area contributed by atoms with Gasteiger partial charge >= 0.3 is 0 Å². The number of carbonyl (C=O) groups is 1. The Bertz CT molecular complexity index is 198. The Morgan fingerprint density at radius 3 is 2.14 bits per heavy atom. The summed E-state index contributed by atoms with van der Waals surface area (Å²) in [7, 11) is 2.07. The van der Waals surface area contributed by atoms with Gasteiger partial charge in [0, 0.05) is 26.2 Å². The van der Waals surface area contributed by atoms with Crippen molar-refractivity contribution in [3.05, 3.63) is 0 Å². The SMILES string of the molecule is CC(C)[C@@H](N)C(=O)N1CCN(C)CC1. The van der Waals surface area contributed by atoms with Gasteiger partial charge in [-0.25, -0.2) is 0 Å². The van der Waals surface area contributed by atoms with E-state index in [-0.39, 0.29) is 17.9 Å². The van der Waals surface area contributed by atoms with Gasteiger partial charge in [-0.1, -0.05) is 13.8 Å². The number of carbonyl (C=O) groups excluding carboxylic acids is 1. The van der Waals surface area contributed by atoms with Gasteiger partial charge in [-0.15, -0.1) is 0 Å². The maximum absolute atomic E-state index is 11.8. The molecule has 82 valence electrons. The van der Waals surface area contributed by atoms with E-state index in [0.717, 1.165) is 26.2 Å². The van der Waals surface area contributed by atoms with E-state index in [2.05, 4.69) is 11.9 Å². The van der Waals surface area contributed by atoms with Gasteiger partial charge in [0.05, 0.1) is 6.04 Å². The third-order valence-electron chi connectivity index (χ3n) is 2.82. The van der Waals surface area contributed by atoms with E-state index >= 15 is 0 Å². The van der Waals surface area contributed by atoms with Crippen molar-refractivity contribution < 1.29 is 4.79 Å². The molecular weight excluding hydrogens is 178 g/mol. The van der Waals surface area contributed by atoms with E-state index in [1.807, 2.05) is 18.7 Å². The number of likely N-dealkylation sites (N-methyl/N-ethyl adjacent to an activating group) is 1. The Hall–Kier alpha value is -0.610. The average molecular weight is 199 g/mol. The van der Waals surface area contributed by atoms with Gasteiger partial charge < -0.3 is 15.5 Å². The molecule has 1 aliphatic rings. The second-order valence-corrected chi connectivity index (χ2v) is 4.40. The predicted molar refractivity (Wildman–Crippen MR) is 56.9 cm³/mol. The average Bonchev–Trinajstić information content (AvgIpc) is 2.16. The Labute approximate surface area is 86.0 Å². The van der Waals surface area contributed by atoms with Crippen molar-refractivity contribution in [2.75, 3.05) is 33.2 Å². The van der Waals surface area contributed by atoms with Gasteiger partial charge in [-0.3, -0.25) is 4.79 Å². The zero-order chi connectivity index (χ0) is 10.7. The second kappa shape index (κ2) is 4.75. The molecule has 1 amide bonds. The van der Waals surface area contributed by atoms with Crippen molar-refractivity contribution in [1.29, 1.82) is 0 Å². The minimum absolute atomic E-state index is 0.105. The van der Waals surface area contributed by atoms with Crippen LogP contribution in [-0.4, -0.2) is 55.0 Å². The summed E-state index contributed by atoms with van der Waals surface area (Å²) in [6.45, 7) is 7.51. The highest BCUT2D eigenvalue weighted by molar-refractivity contribution is 5.82. The molecule has 2 N–H and O–H groups in total. The highest BCUT2D eigenvalue weighted by atomic mass is 16.2. The van der Waals surface area contributed by atoms with Crippen LogP contribution in [0.25, 0.3) is 0 Å². The number of nitrogens with zero attached hydrogens (tertiary/aromatic N) is 2. The fourth-order valence-corrected chi connectivity index (χ4v) is 1.52. The lowest BCUT2D eigenvalue weighted by atomic mass is 10.0. The van der Waals surface area contributed by atoms with Crippen LogP contribution in [0.3, 0.4) is 0 Å². The third kappa shape index (κ3) is 2.69. The van der Waals surface area contributed by atoms with Crippen LogP contribution in [0, 0.1) is 5.92 Å². The first-order valence-corrected chi connectivity index (χ1v) is 5.25. The molecule has 0 spiro atoms. The number of hydrogen-bond donors (Lipinski definition) is 1. The van der Waals surface area contributed by atoms with Gasteiger partial charge in [-0.05, 0) is 13.0 Å². The van der Waals surface area contributed by atoms with Gasteiger partial charge in [0.1, 0.15) is 0 Å².